The molecule has 2 N–H and O–H groups in total. The molecule has 1 atom stereocenters. The van der Waals surface area contributed by atoms with Crippen molar-refractivity contribution < 1.29 is 19.8 Å². The highest BCUT2D eigenvalue weighted by molar-refractivity contribution is 8.01. The maximum atomic E-state index is 10.9. The van der Waals surface area contributed by atoms with Crippen LogP contribution >= 0.6 is 23.1 Å². The minimum Gasteiger partial charge on any atom is -0.481 e. The number of thiazole rings is 1. The summed E-state index contributed by atoms with van der Waals surface area (Å²) in [6.07, 6.45) is 1.82. The minimum atomic E-state index is -0.869. The van der Waals surface area contributed by atoms with Gasteiger partial charge in [0.15, 0.2) is 4.34 Å². The molecule has 92 valence electrons. The first-order valence-electron chi connectivity index (χ1n) is 5.12. The Labute approximate surface area is 106 Å². The zero-order valence-corrected chi connectivity index (χ0v) is 10.5. The van der Waals surface area contributed by atoms with Crippen molar-refractivity contribution in [2.75, 3.05) is 5.75 Å². The van der Waals surface area contributed by atoms with Crippen molar-refractivity contribution in [3.63, 3.8) is 0 Å². The Morgan fingerprint density at radius 1 is 1.47 bits per heavy atom. The summed E-state index contributed by atoms with van der Waals surface area (Å²) >= 11 is 2.62. The molecule has 0 amide bonds. The Morgan fingerprint density at radius 2 is 2.24 bits per heavy atom. The van der Waals surface area contributed by atoms with E-state index < -0.39 is 11.9 Å². The predicted molar refractivity (Wildman–Crippen MR) is 63.6 cm³/mol. The van der Waals surface area contributed by atoms with Gasteiger partial charge in [0.1, 0.15) is 0 Å². The SMILES string of the molecule is O=C(O)CSc1nc2c(s1)C[C@H](C(=O)O)CC2. The van der Waals surface area contributed by atoms with Crippen LogP contribution in [0.15, 0.2) is 4.34 Å². The minimum absolute atomic E-state index is 0.00521. The highest BCUT2D eigenvalue weighted by Crippen LogP contribution is 2.34. The summed E-state index contributed by atoms with van der Waals surface area (Å²) in [7, 11) is 0. The number of aromatic nitrogens is 1. The normalized spacial score (nSPS) is 18.7. The fraction of sp³-hybridized carbons (Fsp3) is 0.500. The lowest BCUT2D eigenvalue weighted by Gasteiger charge is -2.16. The van der Waals surface area contributed by atoms with E-state index in [2.05, 4.69) is 4.98 Å². The van der Waals surface area contributed by atoms with Gasteiger partial charge in [-0.15, -0.1) is 11.3 Å². The largest absolute Gasteiger partial charge is 0.481 e. The Kier molecular flexibility index (Phi) is 3.68. The number of nitrogens with zero attached hydrogens (tertiary/aromatic N) is 1. The average Bonchev–Trinajstić information content (AvgIpc) is 2.67. The summed E-state index contributed by atoms with van der Waals surface area (Å²) < 4.78 is 0.725. The molecule has 17 heavy (non-hydrogen) atoms. The summed E-state index contributed by atoms with van der Waals surface area (Å²) in [5, 5.41) is 17.5. The van der Waals surface area contributed by atoms with E-state index in [1.807, 2.05) is 0 Å². The summed E-state index contributed by atoms with van der Waals surface area (Å²) in [5.74, 6) is -1.95. The first kappa shape index (κ1) is 12.4. The molecule has 1 aliphatic rings. The molecule has 0 fully saturated rings. The standard InChI is InChI=1S/C10H11NO4S2/c12-8(13)4-16-10-11-6-2-1-5(9(14)15)3-7(6)17-10/h5H,1-4H2,(H,12,13)(H,14,15)/t5-/m1/s1. The molecule has 0 radical (unpaired) electrons. The van der Waals surface area contributed by atoms with Gasteiger partial charge in [-0.3, -0.25) is 9.59 Å². The summed E-state index contributed by atoms with van der Waals surface area (Å²) in [5.41, 5.74) is 0.945. The molecule has 5 nitrogen and oxygen atoms in total. The van der Waals surface area contributed by atoms with Gasteiger partial charge in [0.25, 0.3) is 0 Å². The smallest absolute Gasteiger partial charge is 0.313 e. The molecule has 1 aliphatic carbocycles. The van der Waals surface area contributed by atoms with Gasteiger partial charge in [0.05, 0.1) is 17.4 Å². The number of carbonyl (C=O) groups is 2. The molecule has 1 aromatic heterocycles. The number of hydrogen-bond acceptors (Lipinski definition) is 5. The second-order valence-corrected chi connectivity index (χ2v) is 6.12. The molecule has 0 aliphatic heterocycles. The van der Waals surface area contributed by atoms with E-state index in [9.17, 15) is 9.59 Å². The van der Waals surface area contributed by atoms with Gasteiger partial charge < -0.3 is 10.2 Å². The highest BCUT2D eigenvalue weighted by Gasteiger charge is 2.27. The van der Waals surface area contributed by atoms with Crippen LogP contribution in [-0.4, -0.2) is 32.9 Å². The van der Waals surface area contributed by atoms with Gasteiger partial charge in [-0.2, -0.15) is 0 Å². The predicted octanol–water partition coefficient (Wildman–Crippen LogP) is 1.51. The molecule has 0 saturated heterocycles. The fourth-order valence-electron chi connectivity index (χ4n) is 1.75. The first-order valence-corrected chi connectivity index (χ1v) is 6.92. The van der Waals surface area contributed by atoms with Gasteiger partial charge in [0.2, 0.25) is 0 Å². The fourth-order valence-corrected chi connectivity index (χ4v) is 3.80. The molecule has 0 aromatic carbocycles. The Morgan fingerprint density at radius 3 is 2.88 bits per heavy atom. The zero-order chi connectivity index (χ0) is 12.4. The van der Waals surface area contributed by atoms with Crippen LogP contribution in [0, 0.1) is 5.92 Å². The molecule has 7 heteroatoms. The van der Waals surface area contributed by atoms with Crippen LogP contribution in [0.5, 0.6) is 0 Å². The monoisotopic (exact) mass is 273 g/mol. The third kappa shape index (κ3) is 2.98. The van der Waals surface area contributed by atoms with E-state index in [-0.39, 0.29) is 11.7 Å². The van der Waals surface area contributed by atoms with Crippen molar-refractivity contribution >= 4 is 35.0 Å². The van der Waals surface area contributed by atoms with Crippen molar-refractivity contribution in [3.05, 3.63) is 10.6 Å². The van der Waals surface area contributed by atoms with E-state index in [4.69, 9.17) is 10.2 Å². The topological polar surface area (TPSA) is 87.5 Å². The number of rotatable bonds is 4. The molecule has 1 heterocycles. The maximum Gasteiger partial charge on any atom is 0.313 e. The van der Waals surface area contributed by atoms with E-state index >= 15 is 0 Å². The van der Waals surface area contributed by atoms with Crippen LogP contribution in [0.4, 0.5) is 0 Å². The van der Waals surface area contributed by atoms with Gasteiger partial charge in [-0.25, -0.2) is 4.98 Å². The number of fused-ring (bicyclic) bond motifs is 1. The van der Waals surface area contributed by atoms with Crippen LogP contribution in [0.3, 0.4) is 0 Å². The van der Waals surface area contributed by atoms with Crippen molar-refractivity contribution in [3.8, 4) is 0 Å². The van der Waals surface area contributed by atoms with E-state index in [1.165, 1.54) is 23.1 Å². The van der Waals surface area contributed by atoms with E-state index in [1.54, 1.807) is 0 Å². The lowest BCUT2D eigenvalue weighted by atomic mass is 9.91. The Bertz CT molecular complexity index is 457. The second kappa shape index (κ2) is 5.05. The molecule has 0 unspecified atom stereocenters. The van der Waals surface area contributed by atoms with Crippen LogP contribution in [0.25, 0.3) is 0 Å². The van der Waals surface area contributed by atoms with Crippen molar-refractivity contribution in [2.45, 2.75) is 23.6 Å². The lowest BCUT2D eigenvalue weighted by molar-refractivity contribution is -0.142. The maximum absolute atomic E-state index is 10.9. The number of aliphatic carboxylic acids is 2. The Balaban J connectivity index is 2.06. The highest BCUT2D eigenvalue weighted by atomic mass is 32.2. The number of carboxylic acids is 2. The third-order valence-corrected chi connectivity index (χ3v) is 4.84. The lowest BCUT2D eigenvalue weighted by Crippen LogP contribution is -2.21. The average molecular weight is 273 g/mol. The molecule has 2 rings (SSSR count). The molecule has 0 spiro atoms. The molecule has 1 aromatic rings. The number of carboxylic acid groups (broad SMARTS) is 2. The number of hydrogen-bond donors (Lipinski definition) is 2. The second-order valence-electron chi connectivity index (χ2n) is 3.81. The Hall–Kier alpha value is -1.08. The van der Waals surface area contributed by atoms with Crippen molar-refractivity contribution in [1.82, 2.24) is 4.98 Å². The van der Waals surface area contributed by atoms with Crippen LogP contribution in [0.1, 0.15) is 17.0 Å². The molecule has 0 bridgehead atoms. The van der Waals surface area contributed by atoms with Crippen molar-refractivity contribution in [2.24, 2.45) is 5.92 Å². The van der Waals surface area contributed by atoms with Gasteiger partial charge >= 0.3 is 11.9 Å². The number of aryl methyl sites for hydroxylation is 1. The quantitative estimate of drug-likeness (QED) is 0.808. The summed E-state index contributed by atoms with van der Waals surface area (Å²) in [6.45, 7) is 0. The van der Waals surface area contributed by atoms with E-state index in [0.29, 0.717) is 19.3 Å². The molecule has 0 saturated carbocycles. The van der Waals surface area contributed by atoms with Crippen LogP contribution in [-0.2, 0) is 22.4 Å². The van der Waals surface area contributed by atoms with Crippen LogP contribution in [0.2, 0.25) is 0 Å². The van der Waals surface area contributed by atoms with Gasteiger partial charge in [-0.1, -0.05) is 11.8 Å². The van der Waals surface area contributed by atoms with E-state index in [0.717, 1.165) is 14.9 Å². The van der Waals surface area contributed by atoms with Gasteiger partial charge in [0, 0.05) is 4.88 Å². The van der Waals surface area contributed by atoms with Crippen molar-refractivity contribution in [1.29, 1.82) is 0 Å². The first-order chi connectivity index (χ1) is 8.06. The zero-order valence-electron chi connectivity index (χ0n) is 8.88. The molecular formula is C10H11NO4S2. The molecular weight excluding hydrogens is 262 g/mol. The van der Waals surface area contributed by atoms with Crippen LogP contribution < -0.4 is 0 Å². The summed E-state index contributed by atoms with van der Waals surface area (Å²) in [4.78, 5) is 26.7. The number of thioether (sulfide) groups is 1. The third-order valence-electron chi connectivity index (χ3n) is 2.59. The van der Waals surface area contributed by atoms with Gasteiger partial charge in [-0.05, 0) is 19.3 Å². The summed E-state index contributed by atoms with van der Waals surface area (Å²) in [6, 6.07) is 0.